The van der Waals surface area contributed by atoms with Crippen LogP contribution in [0.3, 0.4) is 0 Å². The standard InChI is InChI=1S/C36H50F12O8/c1-8-10-11-12-13-14-31(37,38)33(41,42)35(45,46)36(47,48)34(43,44)32(39,40)16-15-30(20-54-26(51)23(3)4,21-55-27(52)24(5)6)22-56-28(53)25(7)17-29(9-2,18-49)19-50/h49-50H,3,5,7-22H2,1-2,4,6H3. The monoisotopic (exact) mass is 838 g/mol. The summed E-state index contributed by atoms with van der Waals surface area (Å²) in [7, 11) is 0. The minimum Gasteiger partial charge on any atom is -0.461 e. The molecule has 0 amide bonds. The first-order valence-corrected chi connectivity index (χ1v) is 17.4. The molecular formula is C36H50F12O8. The van der Waals surface area contributed by atoms with Crippen molar-refractivity contribution in [3.05, 3.63) is 36.5 Å². The van der Waals surface area contributed by atoms with E-state index in [4.69, 9.17) is 14.2 Å². The van der Waals surface area contributed by atoms with Crippen LogP contribution in [0.2, 0.25) is 0 Å². The Bertz CT molecular complexity index is 1340. The number of carbonyl (C=O) groups is 3. The van der Waals surface area contributed by atoms with E-state index in [2.05, 4.69) is 19.7 Å². The number of unbranched alkanes of at least 4 members (excludes halogenated alkanes) is 4. The smallest absolute Gasteiger partial charge is 0.384 e. The Morgan fingerprint density at radius 2 is 0.893 bits per heavy atom. The zero-order chi connectivity index (χ0) is 44.2. The second-order valence-electron chi connectivity index (χ2n) is 14.1. The third kappa shape index (κ3) is 12.4. The van der Waals surface area contributed by atoms with Gasteiger partial charge in [0.25, 0.3) is 0 Å². The lowest BCUT2D eigenvalue weighted by molar-refractivity contribution is -0.426. The summed E-state index contributed by atoms with van der Waals surface area (Å²) in [5, 5.41) is 19.4. The number of aliphatic hydroxyl groups excluding tert-OH is 2. The van der Waals surface area contributed by atoms with Gasteiger partial charge in [-0.1, -0.05) is 59.3 Å². The zero-order valence-corrected chi connectivity index (χ0v) is 31.6. The SMILES string of the molecule is C=C(C)C(=O)OCC(CCC(F)(F)C(F)(F)C(F)(F)C(F)(F)C(F)(F)C(F)(F)CCCCCCC)(COC(=O)C(=C)C)COC(=O)C(=C)CC(CC)(CO)CO. The van der Waals surface area contributed by atoms with Crippen LogP contribution in [0.4, 0.5) is 52.7 Å². The normalized spacial score (nSPS) is 13.6. The Kier molecular flexibility index (Phi) is 19.2. The van der Waals surface area contributed by atoms with Crippen LogP contribution in [0.15, 0.2) is 36.5 Å². The molecule has 0 aliphatic carbocycles. The molecule has 0 unspecified atom stereocenters. The maximum atomic E-state index is 15.2. The van der Waals surface area contributed by atoms with Gasteiger partial charge in [0.15, 0.2) is 0 Å². The molecule has 0 spiro atoms. The minimum absolute atomic E-state index is 0.0690. The number of aliphatic hydroxyl groups is 2. The molecule has 0 fully saturated rings. The fourth-order valence-electron chi connectivity index (χ4n) is 4.92. The highest BCUT2D eigenvalue weighted by atomic mass is 19.4. The Hall–Kier alpha value is -3.29. The Labute approximate surface area is 317 Å². The predicted molar refractivity (Wildman–Crippen MR) is 178 cm³/mol. The van der Waals surface area contributed by atoms with E-state index in [-0.39, 0.29) is 30.4 Å². The fraction of sp³-hybridized carbons (Fsp3) is 0.750. The summed E-state index contributed by atoms with van der Waals surface area (Å²) < 4.78 is 192. The van der Waals surface area contributed by atoms with Gasteiger partial charge in [-0.15, -0.1) is 0 Å². The van der Waals surface area contributed by atoms with Crippen molar-refractivity contribution in [1.82, 2.24) is 0 Å². The molecule has 0 rings (SSSR count). The van der Waals surface area contributed by atoms with Crippen LogP contribution in [0.25, 0.3) is 0 Å². The van der Waals surface area contributed by atoms with Crippen molar-refractivity contribution in [1.29, 1.82) is 0 Å². The summed E-state index contributed by atoms with van der Waals surface area (Å²) in [5.74, 6) is -47.0. The third-order valence-corrected chi connectivity index (χ3v) is 9.19. The van der Waals surface area contributed by atoms with Crippen molar-refractivity contribution in [3.8, 4) is 0 Å². The first kappa shape index (κ1) is 52.7. The predicted octanol–water partition coefficient (Wildman–Crippen LogP) is 9.03. The summed E-state index contributed by atoms with van der Waals surface area (Å²) in [4.78, 5) is 37.3. The molecule has 2 N–H and O–H groups in total. The molecule has 0 heterocycles. The maximum Gasteiger partial charge on any atom is 0.384 e. The van der Waals surface area contributed by atoms with E-state index in [1.165, 1.54) is 6.92 Å². The fourth-order valence-corrected chi connectivity index (χ4v) is 4.92. The lowest BCUT2D eigenvalue weighted by Crippen LogP contribution is -2.70. The number of halogens is 12. The van der Waals surface area contributed by atoms with E-state index in [9.17, 15) is 68.5 Å². The van der Waals surface area contributed by atoms with Crippen molar-refractivity contribution in [2.24, 2.45) is 10.8 Å². The molecule has 56 heavy (non-hydrogen) atoms. The molecule has 0 bridgehead atoms. The molecule has 0 aromatic carbocycles. The number of carbonyl (C=O) groups excluding carboxylic acids is 3. The van der Waals surface area contributed by atoms with Crippen LogP contribution >= 0.6 is 0 Å². The molecule has 0 radical (unpaired) electrons. The highest BCUT2D eigenvalue weighted by Crippen LogP contribution is 2.61. The van der Waals surface area contributed by atoms with Gasteiger partial charge >= 0.3 is 53.4 Å². The number of hydrogen-bond acceptors (Lipinski definition) is 8. The summed E-state index contributed by atoms with van der Waals surface area (Å²) in [6.07, 6.45) is -7.14. The topological polar surface area (TPSA) is 119 Å². The molecular weight excluding hydrogens is 788 g/mol. The van der Waals surface area contributed by atoms with Crippen LogP contribution in [-0.2, 0) is 28.6 Å². The largest absolute Gasteiger partial charge is 0.461 e. The van der Waals surface area contributed by atoms with Crippen molar-refractivity contribution in [2.75, 3.05) is 33.0 Å². The molecule has 0 aromatic heterocycles. The van der Waals surface area contributed by atoms with E-state index >= 15 is 8.78 Å². The second kappa shape index (κ2) is 20.4. The van der Waals surface area contributed by atoms with Gasteiger partial charge < -0.3 is 24.4 Å². The summed E-state index contributed by atoms with van der Waals surface area (Å²) in [5.41, 5.74) is -5.21. The van der Waals surface area contributed by atoms with E-state index in [1.807, 2.05) is 0 Å². The molecule has 8 nitrogen and oxygen atoms in total. The van der Waals surface area contributed by atoms with Gasteiger partial charge in [-0.25, -0.2) is 14.4 Å². The molecule has 0 saturated heterocycles. The molecule has 0 atom stereocenters. The van der Waals surface area contributed by atoms with Crippen LogP contribution in [0, 0.1) is 10.8 Å². The van der Waals surface area contributed by atoms with Crippen molar-refractivity contribution in [2.45, 2.75) is 127 Å². The summed E-state index contributed by atoms with van der Waals surface area (Å²) >= 11 is 0. The van der Waals surface area contributed by atoms with Gasteiger partial charge in [-0.3, -0.25) is 0 Å². The highest BCUT2D eigenvalue weighted by Gasteiger charge is 2.89. The van der Waals surface area contributed by atoms with Gasteiger partial charge in [0.05, 0.1) is 18.6 Å². The van der Waals surface area contributed by atoms with Gasteiger partial charge in [0, 0.05) is 35.0 Å². The van der Waals surface area contributed by atoms with Crippen LogP contribution in [0.1, 0.15) is 91.9 Å². The maximum absolute atomic E-state index is 15.2. The summed E-state index contributed by atoms with van der Waals surface area (Å²) in [6.45, 7) is 9.85. The van der Waals surface area contributed by atoms with Gasteiger partial charge in [-0.2, -0.15) is 52.7 Å². The summed E-state index contributed by atoms with van der Waals surface area (Å²) in [6, 6.07) is 0. The van der Waals surface area contributed by atoms with Crippen molar-refractivity contribution < 1.29 is 91.5 Å². The van der Waals surface area contributed by atoms with Crippen molar-refractivity contribution >= 4 is 17.9 Å². The van der Waals surface area contributed by atoms with Crippen LogP contribution in [-0.4, -0.2) is 96.7 Å². The molecule has 0 aliphatic heterocycles. The number of rotatable bonds is 28. The second-order valence-corrected chi connectivity index (χ2v) is 14.1. The molecule has 0 saturated carbocycles. The number of alkyl halides is 12. The first-order valence-electron chi connectivity index (χ1n) is 17.4. The lowest BCUT2D eigenvalue weighted by atomic mass is 9.80. The highest BCUT2D eigenvalue weighted by molar-refractivity contribution is 5.88. The van der Waals surface area contributed by atoms with E-state index in [0.717, 1.165) is 13.8 Å². The van der Waals surface area contributed by atoms with Gasteiger partial charge in [0.1, 0.15) is 19.8 Å². The number of ether oxygens (including phenoxy) is 3. The van der Waals surface area contributed by atoms with Crippen molar-refractivity contribution in [3.63, 3.8) is 0 Å². The average Bonchev–Trinajstić information content (AvgIpc) is 3.11. The van der Waals surface area contributed by atoms with E-state index in [1.54, 1.807) is 6.92 Å². The Balaban J connectivity index is 6.94. The Morgan fingerprint density at radius 1 is 0.518 bits per heavy atom. The van der Waals surface area contributed by atoms with Gasteiger partial charge in [0.2, 0.25) is 0 Å². The molecule has 0 aromatic rings. The minimum atomic E-state index is -7.85. The van der Waals surface area contributed by atoms with E-state index in [0.29, 0.717) is 12.8 Å². The number of hydrogen-bond donors (Lipinski definition) is 2. The van der Waals surface area contributed by atoms with Crippen LogP contribution in [0.5, 0.6) is 0 Å². The number of esters is 3. The van der Waals surface area contributed by atoms with Gasteiger partial charge in [-0.05, 0) is 39.5 Å². The molecule has 20 heteroatoms. The first-order chi connectivity index (χ1) is 25.4. The third-order valence-electron chi connectivity index (χ3n) is 9.19. The molecule has 0 aliphatic rings. The van der Waals surface area contributed by atoms with Crippen LogP contribution < -0.4 is 0 Å². The average molecular weight is 839 g/mol. The van der Waals surface area contributed by atoms with E-state index < -0.39 is 135 Å². The quantitative estimate of drug-likeness (QED) is 0.0264. The Morgan fingerprint density at radius 3 is 1.25 bits per heavy atom. The molecule has 326 valence electrons. The lowest BCUT2D eigenvalue weighted by Gasteiger charge is -2.42. The zero-order valence-electron chi connectivity index (χ0n) is 31.6.